The van der Waals surface area contributed by atoms with Crippen molar-refractivity contribution >= 4 is 63.5 Å². The molecule has 5 aliphatic heterocycles. The van der Waals surface area contributed by atoms with Gasteiger partial charge >= 0.3 is 7.12 Å². The van der Waals surface area contributed by atoms with E-state index in [1.54, 1.807) is 0 Å². The SMILES string of the molecule is CC1(C)OB(C2=CCOCC2)OC1(C)C.O=C(c1cc(Br)sn1)N1CCC[C@@H]2CCCC[C@@H]21.O=C(c1cc(C2=CCOCC2)sn1)N1CCC[C@@H]2CCCC[C@@H]21. The number of carbonyl (C=O) groups excluding carboxylic acids is 2. The van der Waals surface area contributed by atoms with Gasteiger partial charge in [0.1, 0.15) is 11.4 Å². The van der Waals surface area contributed by atoms with Crippen LogP contribution >= 0.6 is 39.0 Å². The Kier molecular flexibility index (Phi) is 14.3. The van der Waals surface area contributed by atoms with Crippen molar-refractivity contribution in [2.45, 2.75) is 141 Å². The van der Waals surface area contributed by atoms with Gasteiger partial charge in [0, 0.05) is 25.2 Å². The summed E-state index contributed by atoms with van der Waals surface area (Å²) in [6.45, 7) is 13.0. The molecule has 7 aliphatic rings. The average molecular weight is 872 g/mol. The van der Waals surface area contributed by atoms with Gasteiger partial charge in [-0.25, -0.2) is 0 Å². The Balaban J connectivity index is 0.000000132. The fourth-order valence-corrected chi connectivity index (χ4v) is 11.1. The largest absolute Gasteiger partial charge is 0.490 e. The van der Waals surface area contributed by atoms with E-state index in [2.05, 4.69) is 74.3 Å². The highest BCUT2D eigenvalue weighted by molar-refractivity contribution is 9.11. The molecule has 0 N–H and O–H groups in total. The molecule has 56 heavy (non-hydrogen) atoms. The van der Waals surface area contributed by atoms with Gasteiger partial charge in [0.25, 0.3) is 11.8 Å². The van der Waals surface area contributed by atoms with E-state index in [4.69, 9.17) is 18.8 Å². The lowest BCUT2D eigenvalue weighted by molar-refractivity contribution is 0.00578. The molecule has 3 saturated heterocycles. The van der Waals surface area contributed by atoms with Crippen LogP contribution in [0.25, 0.3) is 5.57 Å². The van der Waals surface area contributed by atoms with Crippen LogP contribution in [0.3, 0.4) is 0 Å². The summed E-state index contributed by atoms with van der Waals surface area (Å²) in [5.74, 6) is 1.74. The zero-order valence-electron chi connectivity index (χ0n) is 33.8. The van der Waals surface area contributed by atoms with E-state index in [0.29, 0.717) is 36.7 Å². The Morgan fingerprint density at radius 2 is 1.23 bits per heavy atom. The first-order valence-electron chi connectivity index (χ1n) is 21.1. The van der Waals surface area contributed by atoms with E-state index in [9.17, 15) is 9.59 Å². The third-order valence-corrected chi connectivity index (χ3v) is 15.4. The molecule has 2 aromatic rings. The van der Waals surface area contributed by atoms with Crippen LogP contribution in [0.5, 0.6) is 0 Å². The summed E-state index contributed by atoms with van der Waals surface area (Å²) in [5.41, 5.74) is 3.27. The van der Waals surface area contributed by atoms with E-state index < -0.39 is 0 Å². The summed E-state index contributed by atoms with van der Waals surface area (Å²) in [4.78, 5) is 30.8. The van der Waals surface area contributed by atoms with Gasteiger partial charge in [-0.1, -0.05) is 37.8 Å². The number of piperidine rings is 2. The van der Waals surface area contributed by atoms with Gasteiger partial charge in [-0.05, 0) is 166 Å². The molecule has 10 nitrogen and oxygen atoms in total. The zero-order valence-corrected chi connectivity index (χ0v) is 37.0. The molecule has 9 rings (SSSR count). The van der Waals surface area contributed by atoms with Crippen LogP contribution < -0.4 is 0 Å². The lowest BCUT2D eigenvalue weighted by Crippen LogP contribution is -2.49. The first-order chi connectivity index (χ1) is 27.0. The Labute approximate surface area is 350 Å². The Bertz CT molecular complexity index is 1710. The zero-order chi connectivity index (χ0) is 39.3. The molecule has 0 bridgehead atoms. The first-order valence-corrected chi connectivity index (χ1v) is 23.4. The van der Waals surface area contributed by atoms with Gasteiger partial charge in [-0.3, -0.25) is 9.59 Å². The number of hydrogen-bond donors (Lipinski definition) is 0. The number of fused-ring (bicyclic) bond motifs is 2. The highest BCUT2D eigenvalue weighted by Gasteiger charge is 2.52. The van der Waals surface area contributed by atoms with Crippen molar-refractivity contribution < 1.29 is 28.4 Å². The predicted molar refractivity (Wildman–Crippen MR) is 227 cm³/mol. The van der Waals surface area contributed by atoms with Crippen molar-refractivity contribution in [3.05, 3.63) is 49.8 Å². The number of ether oxygens (including phenoxy) is 2. The van der Waals surface area contributed by atoms with Crippen LogP contribution in [0.1, 0.15) is 143 Å². The quantitative estimate of drug-likeness (QED) is 0.280. The molecule has 5 fully saturated rings. The molecule has 14 heteroatoms. The smallest absolute Gasteiger partial charge is 0.400 e. The Morgan fingerprint density at radius 1 is 0.714 bits per heavy atom. The number of carbonyl (C=O) groups is 2. The van der Waals surface area contributed by atoms with E-state index >= 15 is 0 Å². The Hall–Kier alpha value is -1.94. The Morgan fingerprint density at radius 3 is 1.75 bits per heavy atom. The van der Waals surface area contributed by atoms with Crippen LogP contribution in [-0.2, 0) is 18.8 Å². The summed E-state index contributed by atoms with van der Waals surface area (Å²) in [5, 5.41) is 0. The van der Waals surface area contributed by atoms with Crippen molar-refractivity contribution in [3.8, 4) is 0 Å². The van der Waals surface area contributed by atoms with E-state index in [0.717, 1.165) is 72.5 Å². The fourth-order valence-electron chi connectivity index (χ4n) is 9.43. The molecule has 306 valence electrons. The third-order valence-electron chi connectivity index (χ3n) is 13.3. The van der Waals surface area contributed by atoms with Crippen molar-refractivity contribution in [1.29, 1.82) is 0 Å². The predicted octanol–water partition coefficient (Wildman–Crippen LogP) is 9.41. The van der Waals surface area contributed by atoms with Crippen molar-refractivity contribution in [2.24, 2.45) is 11.8 Å². The summed E-state index contributed by atoms with van der Waals surface area (Å²) >= 11 is 6.18. The third kappa shape index (κ3) is 9.91. The number of likely N-dealkylation sites (tertiary alicyclic amines) is 2. The van der Waals surface area contributed by atoms with Crippen molar-refractivity contribution in [2.75, 3.05) is 39.5 Å². The molecule has 0 radical (unpaired) electrons. The van der Waals surface area contributed by atoms with Crippen LogP contribution in [0.4, 0.5) is 0 Å². The maximum absolute atomic E-state index is 13.0. The highest BCUT2D eigenvalue weighted by Crippen LogP contribution is 2.40. The molecule has 0 aromatic carbocycles. The molecule has 2 saturated carbocycles. The minimum atomic E-state index is -0.239. The molecule has 2 amide bonds. The minimum Gasteiger partial charge on any atom is -0.400 e. The minimum absolute atomic E-state index is 0.133. The second-order valence-electron chi connectivity index (χ2n) is 17.3. The van der Waals surface area contributed by atoms with Gasteiger partial charge in [0.2, 0.25) is 0 Å². The van der Waals surface area contributed by atoms with Gasteiger partial charge in [-0.15, -0.1) is 0 Å². The molecule has 4 atom stereocenters. The molecule has 2 aliphatic carbocycles. The second-order valence-corrected chi connectivity index (χ2v) is 20.3. The van der Waals surface area contributed by atoms with Crippen molar-refractivity contribution in [1.82, 2.24) is 18.5 Å². The maximum atomic E-state index is 13.0. The number of aromatic nitrogens is 2. The van der Waals surface area contributed by atoms with Crippen LogP contribution in [0.15, 0.2) is 33.5 Å². The lowest BCUT2D eigenvalue weighted by atomic mass is 9.75. The van der Waals surface area contributed by atoms with Gasteiger partial charge in [-0.2, -0.15) is 8.75 Å². The maximum Gasteiger partial charge on any atom is 0.490 e. The van der Waals surface area contributed by atoms with E-state index in [1.807, 2.05) is 12.1 Å². The fraction of sp³-hybridized carbons (Fsp3) is 0.714. The molecule has 0 spiro atoms. The first kappa shape index (κ1) is 42.2. The normalized spacial score (nSPS) is 28.3. The van der Waals surface area contributed by atoms with E-state index in [1.165, 1.54) is 98.3 Å². The topological polar surface area (TPSA) is 103 Å². The average Bonchev–Trinajstić information content (AvgIpc) is 3.95. The van der Waals surface area contributed by atoms with Crippen LogP contribution in [0, 0.1) is 11.8 Å². The van der Waals surface area contributed by atoms with Gasteiger partial charge in [0.05, 0.1) is 46.3 Å². The number of rotatable bonds is 4. The summed E-state index contributed by atoms with van der Waals surface area (Å²) in [6.07, 6.45) is 21.1. The van der Waals surface area contributed by atoms with Gasteiger partial charge < -0.3 is 28.6 Å². The van der Waals surface area contributed by atoms with E-state index in [-0.39, 0.29) is 30.1 Å². The van der Waals surface area contributed by atoms with Crippen LogP contribution in [-0.4, -0.2) is 100 Å². The van der Waals surface area contributed by atoms with Crippen LogP contribution in [0.2, 0.25) is 0 Å². The molecule has 2 aromatic heterocycles. The summed E-state index contributed by atoms with van der Waals surface area (Å²) in [7, 11) is -0.182. The number of amides is 2. The highest BCUT2D eigenvalue weighted by atomic mass is 79.9. The molecular formula is C42H60BBrN4O6S2. The van der Waals surface area contributed by atoms with Crippen molar-refractivity contribution in [3.63, 3.8) is 0 Å². The summed E-state index contributed by atoms with van der Waals surface area (Å²) < 4.78 is 32.2. The number of halogens is 1. The summed E-state index contributed by atoms with van der Waals surface area (Å²) in [6, 6.07) is 4.77. The monoisotopic (exact) mass is 870 g/mol. The molecular weight excluding hydrogens is 811 g/mol. The standard InChI is InChI=1S/C18H24N2O2S.C13H17BrN2OS.C11H19BO3/c21-18(20-9-3-5-13-4-1-2-6-16(13)20)15-12-17(23-19-15)14-7-10-22-11-8-14;14-12-8-10(15-18-12)13(17)16-7-3-5-9-4-1-2-6-11(9)16;1-10(2)11(3,4)15-12(14-10)9-5-7-13-8-6-9/h7,12-13,16H,1-6,8-11H2;8-9,11H,1-7H2;5H,6-8H2,1-4H3/t13-,16-;9-,11-;/m00./s1. The second kappa shape index (κ2) is 19.0. The lowest BCUT2D eigenvalue weighted by Gasteiger charge is -2.43. The number of hydrogen-bond acceptors (Lipinski definition) is 10. The van der Waals surface area contributed by atoms with Gasteiger partial charge in [0.15, 0.2) is 0 Å². The molecule has 7 heterocycles. The number of nitrogens with zero attached hydrogens (tertiary/aromatic N) is 4. The molecule has 0 unspecified atom stereocenters.